The highest BCUT2D eigenvalue weighted by atomic mass is 32.2. The van der Waals surface area contributed by atoms with Gasteiger partial charge in [0, 0.05) is 11.9 Å². The van der Waals surface area contributed by atoms with Gasteiger partial charge in [0.25, 0.3) is 0 Å². The normalized spacial score (nSPS) is 12.5. The molecular weight excluding hydrogens is 340 g/mol. The van der Waals surface area contributed by atoms with E-state index in [2.05, 4.69) is 23.6 Å². The van der Waals surface area contributed by atoms with E-state index >= 15 is 0 Å². The molecule has 6 heteroatoms. The van der Waals surface area contributed by atoms with Crippen LogP contribution < -0.4 is 10.6 Å². The minimum absolute atomic E-state index is 0.0382. The van der Waals surface area contributed by atoms with Crippen LogP contribution in [0.5, 0.6) is 0 Å². The van der Waals surface area contributed by atoms with Gasteiger partial charge in [-0.1, -0.05) is 24.3 Å². The summed E-state index contributed by atoms with van der Waals surface area (Å²) in [4.78, 5) is 0.314. The molecule has 2 N–H and O–H groups in total. The van der Waals surface area contributed by atoms with Gasteiger partial charge in [0.05, 0.1) is 10.9 Å². The van der Waals surface area contributed by atoms with E-state index in [0.717, 1.165) is 16.8 Å². The topological polar surface area (TPSA) is 58.2 Å². The molecule has 2 aromatic carbocycles. The predicted molar refractivity (Wildman–Crippen MR) is 103 cm³/mol. The Labute approximate surface area is 149 Å². The van der Waals surface area contributed by atoms with Gasteiger partial charge in [-0.15, -0.1) is 0 Å². The molecule has 0 unspecified atom stereocenters. The Morgan fingerprint density at radius 2 is 1.71 bits per heavy atom. The molecule has 128 valence electrons. The summed E-state index contributed by atoms with van der Waals surface area (Å²) < 4.78 is 23.0. The predicted octanol–water partition coefficient (Wildman–Crippen LogP) is 3.75. The first kappa shape index (κ1) is 18.4. The molecule has 1 atom stereocenters. The fourth-order valence-corrected chi connectivity index (χ4v) is 3.25. The maximum absolute atomic E-state index is 11.5. The van der Waals surface area contributed by atoms with Crippen molar-refractivity contribution in [3.05, 3.63) is 59.2 Å². The van der Waals surface area contributed by atoms with Crippen LogP contribution in [0.25, 0.3) is 0 Å². The molecule has 0 heterocycles. The van der Waals surface area contributed by atoms with Crippen LogP contribution >= 0.6 is 12.2 Å². The number of anilines is 1. The Morgan fingerprint density at radius 3 is 2.29 bits per heavy atom. The molecule has 0 saturated heterocycles. The number of hydrogen-bond acceptors (Lipinski definition) is 3. The van der Waals surface area contributed by atoms with Gasteiger partial charge < -0.3 is 10.6 Å². The lowest BCUT2D eigenvalue weighted by Crippen LogP contribution is -2.31. The van der Waals surface area contributed by atoms with E-state index in [9.17, 15) is 8.42 Å². The minimum Gasteiger partial charge on any atom is -0.356 e. The van der Waals surface area contributed by atoms with E-state index in [1.54, 1.807) is 24.3 Å². The molecule has 4 nitrogen and oxygen atoms in total. The smallest absolute Gasteiger partial charge is 0.175 e. The second-order valence-corrected chi connectivity index (χ2v) is 8.33. The van der Waals surface area contributed by atoms with E-state index in [4.69, 9.17) is 12.2 Å². The average Bonchev–Trinajstić information content (AvgIpc) is 2.51. The fraction of sp³-hybridized carbons (Fsp3) is 0.278. The Balaban J connectivity index is 2.05. The Morgan fingerprint density at radius 1 is 1.08 bits per heavy atom. The van der Waals surface area contributed by atoms with Crippen molar-refractivity contribution in [2.45, 2.75) is 31.7 Å². The quantitative estimate of drug-likeness (QED) is 0.811. The molecule has 0 spiro atoms. The van der Waals surface area contributed by atoms with Crippen LogP contribution in [-0.2, 0) is 9.84 Å². The summed E-state index contributed by atoms with van der Waals surface area (Å²) in [6.45, 7) is 6.09. The number of benzene rings is 2. The summed E-state index contributed by atoms with van der Waals surface area (Å²) in [5, 5.41) is 6.96. The molecule has 0 aliphatic carbocycles. The van der Waals surface area contributed by atoms with E-state index in [0.29, 0.717) is 10.0 Å². The molecule has 0 bridgehead atoms. The molecule has 0 radical (unpaired) electrons. The molecule has 0 aliphatic heterocycles. The van der Waals surface area contributed by atoms with Crippen molar-refractivity contribution in [1.82, 2.24) is 5.32 Å². The highest BCUT2D eigenvalue weighted by molar-refractivity contribution is 7.90. The maximum Gasteiger partial charge on any atom is 0.175 e. The second-order valence-electron chi connectivity index (χ2n) is 5.91. The molecule has 0 amide bonds. The lowest BCUT2D eigenvalue weighted by Gasteiger charge is -2.19. The lowest BCUT2D eigenvalue weighted by atomic mass is 10.1. The van der Waals surface area contributed by atoms with Crippen LogP contribution in [0.15, 0.2) is 47.4 Å². The van der Waals surface area contributed by atoms with Crippen molar-refractivity contribution >= 4 is 32.9 Å². The van der Waals surface area contributed by atoms with Crippen molar-refractivity contribution in [2.24, 2.45) is 0 Å². The molecule has 0 saturated carbocycles. The number of nitrogens with one attached hydrogen (secondary N) is 2. The zero-order chi connectivity index (χ0) is 17.9. The van der Waals surface area contributed by atoms with Crippen LogP contribution in [0.3, 0.4) is 0 Å². The standard InChI is InChI=1S/C18H22N2O2S2/c1-12-6-5-7-17(13(12)2)20-18(23)19-14(3)15-8-10-16(11-9-15)24(4,21)22/h5-11,14H,1-4H3,(H2,19,20,23)/t14-/m1/s1. The van der Waals surface area contributed by atoms with Gasteiger partial charge in [0.1, 0.15) is 0 Å². The van der Waals surface area contributed by atoms with Gasteiger partial charge in [-0.25, -0.2) is 8.42 Å². The van der Waals surface area contributed by atoms with Crippen LogP contribution in [-0.4, -0.2) is 19.8 Å². The van der Waals surface area contributed by atoms with Crippen molar-refractivity contribution < 1.29 is 8.42 Å². The van der Waals surface area contributed by atoms with Crippen LogP contribution in [0.2, 0.25) is 0 Å². The van der Waals surface area contributed by atoms with E-state index in [-0.39, 0.29) is 6.04 Å². The number of hydrogen-bond donors (Lipinski definition) is 2. The van der Waals surface area contributed by atoms with Crippen molar-refractivity contribution in [1.29, 1.82) is 0 Å². The summed E-state index contributed by atoms with van der Waals surface area (Å²) in [7, 11) is -3.18. The third-order valence-electron chi connectivity index (χ3n) is 4.01. The lowest BCUT2D eigenvalue weighted by molar-refractivity contribution is 0.601. The van der Waals surface area contributed by atoms with Crippen LogP contribution in [0, 0.1) is 13.8 Å². The van der Waals surface area contributed by atoms with E-state index < -0.39 is 9.84 Å². The molecule has 0 aromatic heterocycles. The molecule has 2 rings (SSSR count). The first-order chi connectivity index (χ1) is 11.2. The number of rotatable bonds is 4. The van der Waals surface area contributed by atoms with Crippen LogP contribution in [0.1, 0.15) is 29.7 Å². The van der Waals surface area contributed by atoms with E-state index in [1.807, 2.05) is 26.0 Å². The molecule has 0 aliphatic rings. The molecule has 2 aromatic rings. The van der Waals surface area contributed by atoms with Crippen molar-refractivity contribution in [2.75, 3.05) is 11.6 Å². The number of aryl methyl sites for hydroxylation is 1. The number of thiocarbonyl (C=S) groups is 1. The first-order valence-corrected chi connectivity index (χ1v) is 9.92. The molecular formula is C18H22N2O2S2. The third-order valence-corrected chi connectivity index (χ3v) is 5.36. The summed E-state index contributed by atoms with van der Waals surface area (Å²) in [5.74, 6) is 0. The summed E-state index contributed by atoms with van der Waals surface area (Å²) in [6, 6.07) is 12.8. The third kappa shape index (κ3) is 4.55. The molecule has 24 heavy (non-hydrogen) atoms. The van der Waals surface area contributed by atoms with Gasteiger partial charge >= 0.3 is 0 Å². The van der Waals surface area contributed by atoms with Crippen molar-refractivity contribution in [3.8, 4) is 0 Å². The summed E-state index contributed by atoms with van der Waals surface area (Å²) >= 11 is 5.38. The molecule has 0 fully saturated rings. The summed E-state index contributed by atoms with van der Waals surface area (Å²) in [6.07, 6.45) is 1.20. The number of sulfone groups is 1. The average molecular weight is 363 g/mol. The Kier molecular flexibility index (Phi) is 5.62. The van der Waals surface area contributed by atoms with Gasteiger partial charge in [0.2, 0.25) is 0 Å². The van der Waals surface area contributed by atoms with Gasteiger partial charge in [0.15, 0.2) is 14.9 Å². The van der Waals surface area contributed by atoms with Gasteiger partial charge in [-0.2, -0.15) is 0 Å². The zero-order valence-electron chi connectivity index (χ0n) is 14.3. The largest absolute Gasteiger partial charge is 0.356 e. The highest BCUT2D eigenvalue weighted by Gasteiger charge is 2.11. The van der Waals surface area contributed by atoms with Gasteiger partial charge in [-0.05, 0) is 67.9 Å². The van der Waals surface area contributed by atoms with Crippen molar-refractivity contribution in [3.63, 3.8) is 0 Å². The van der Waals surface area contributed by atoms with Crippen LogP contribution in [0.4, 0.5) is 5.69 Å². The second kappa shape index (κ2) is 7.32. The fourth-order valence-electron chi connectivity index (χ4n) is 2.33. The SMILES string of the molecule is Cc1cccc(NC(=S)N[C@H](C)c2ccc(S(C)(=O)=O)cc2)c1C. The Bertz CT molecular complexity index is 844. The van der Waals surface area contributed by atoms with Gasteiger partial charge in [-0.3, -0.25) is 0 Å². The highest BCUT2D eigenvalue weighted by Crippen LogP contribution is 2.19. The maximum atomic E-state index is 11.5. The Hall–Kier alpha value is -1.92. The minimum atomic E-state index is -3.18. The van der Waals surface area contributed by atoms with E-state index in [1.165, 1.54) is 11.8 Å². The zero-order valence-corrected chi connectivity index (χ0v) is 15.9. The summed E-state index contributed by atoms with van der Waals surface area (Å²) in [5.41, 5.74) is 4.30. The first-order valence-electron chi connectivity index (χ1n) is 7.62. The monoisotopic (exact) mass is 362 g/mol.